The summed E-state index contributed by atoms with van der Waals surface area (Å²) in [5.74, 6) is 0. The minimum absolute atomic E-state index is 0.385. The zero-order valence-electron chi connectivity index (χ0n) is 7.79. The summed E-state index contributed by atoms with van der Waals surface area (Å²) < 4.78 is 5.70. The molecule has 0 unspecified atom stereocenters. The maximum absolute atomic E-state index is 5.70. The van der Waals surface area contributed by atoms with E-state index in [1.54, 1.807) is 0 Å². The molecule has 1 saturated carbocycles. The fraction of sp³-hybridized carbons (Fsp3) is 0.889. The molecule has 12 heavy (non-hydrogen) atoms. The topological polar surface area (TPSA) is 24.8 Å². The molecule has 3 nitrogen and oxygen atoms in total. The van der Waals surface area contributed by atoms with Crippen LogP contribution in [0.1, 0.15) is 25.7 Å². The van der Waals surface area contributed by atoms with E-state index in [2.05, 4.69) is 4.99 Å². The summed E-state index contributed by atoms with van der Waals surface area (Å²) in [6, 6.07) is 1.28. The molecule has 0 spiro atoms. The zero-order chi connectivity index (χ0) is 8.55. The molecular weight excluding hydrogens is 152 g/mol. The summed E-state index contributed by atoms with van der Waals surface area (Å²) in [6.45, 7) is 0. The Hall–Kier alpha value is -0.730. The Bertz CT molecular complexity index is 201. The number of hydrogen-bond donors (Lipinski definition) is 0. The van der Waals surface area contributed by atoms with Gasteiger partial charge in [-0.3, -0.25) is 0 Å². The average Bonchev–Trinajstić information content (AvgIpc) is 2.46. The van der Waals surface area contributed by atoms with E-state index in [0.717, 1.165) is 6.02 Å². The highest BCUT2D eigenvalue weighted by Gasteiger charge is 2.33. The molecule has 0 N–H and O–H groups in total. The monoisotopic (exact) mass is 168 g/mol. The highest BCUT2D eigenvalue weighted by atomic mass is 16.5. The van der Waals surface area contributed by atoms with Crippen LogP contribution in [0.2, 0.25) is 0 Å². The van der Waals surface area contributed by atoms with Gasteiger partial charge in [0.05, 0.1) is 6.04 Å². The number of hydrogen-bond acceptors (Lipinski definition) is 3. The summed E-state index contributed by atoms with van der Waals surface area (Å²) in [5, 5.41) is 0. The quantitative estimate of drug-likeness (QED) is 0.543. The Morgan fingerprint density at radius 3 is 2.75 bits per heavy atom. The lowest BCUT2D eigenvalue weighted by Crippen LogP contribution is -2.28. The van der Waals surface area contributed by atoms with Crippen LogP contribution in [0.3, 0.4) is 0 Å². The summed E-state index contributed by atoms with van der Waals surface area (Å²) in [6.07, 6.45) is 5.40. The van der Waals surface area contributed by atoms with Gasteiger partial charge in [-0.15, -0.1) is 0 Å². The van der Waals surface area contributed by atoms with Gasteiger partial charge in [0, 0.05) is 14.1 Å². The zero-order valence-corrected chi connectivity index (χ0v) is 7.79. The third kappa shape index (κ3) is 1.28. The van der Waals surface area contributed by atoms with Crippen molar-refractivity contribution in [2.45, 2.75) is 37.8 Å². The van der Waals surface area contributed by atoms with Crippen molar-refractivity contribution >= 4 is 6.02 Å². The Labute approximate surface area is 73.4 Å². The Kier molecular flexibility index (Phi) is 1.95. The van der Waals surface area contributed by atoms with Crippen LogP contribution in [0.5, 0.6) is 0 Å². The molecule has 1 heterocycles. The molecule has 0 aromatic heterocycles. The summed E-state index contributed by atoms with van der Waals surface area (Å²) in [7, 11) is 3.96. The van der Waals surface area contributed by atoms with Gasteiger partial charge in [-0.25, -0.2) is 4.99 Å². The molecule has 0 amide bonds. The molecule has 3 heteroatoms. The second-order valence-corrected chi connectivity index (χ2v) is 3.81. The highest BCUT2D eigenvalue weighted by molar-refractivity contribution is 5.75. The smallest absolute Gasteiger partial charge is 0.287 e. The molecule has 1 aliphatic carbocycles. The van der Waals surface area contributed by atoms with Crippen LogP contribution in [0, 0.1) is 0 Å². The first-order chi connectivity index (χ1) is 5.77. The number of ether oxygens (including phenoxy) is 1. The lowest BCUT2D eigenvalue weighted by Gasteiger charge is -2.22. The molecular formula is C9H16N2O. The fourth-order valence-electron chi connectivity index (χ4n) is 1.89. The van der Waals surface area contributed by atoms with E-state index >= 15 is 0 Å². The third-order valence-corrected chi connectivity index (χ3v) is 2.58. The largest absolute Gasteiger partial charge is 0.460 e. The van der Waals surface area contributed by atoms with Gasteiger partial charge in [-0.1, -0.05) is 6.42 Å². The molecule has 0 saturated heterocycles. The molecule has 2 atom stereocenters. The average molecular weight is 168 g/mol. The van der Waals surface area contributed by atoms with Gasteiger partial charge in [-0.05, 0) is 19.3 Å². The first kappa shape index (κ1) is 7.90. The molecule has 0 aromatic rings. The van der Waals surface area contributed by atoms with Gasteiger partial charge in [0.2, 0.25) is 0 Å². The van der Waals surface area contributed by atoms with Crippen LogP contribution >= 0.6 is 0 Å². The van der Waals surface area contributed by atoms with Crippen molar-refractivity contribution in [1.29, 1.82) is 0 Å². The highest BCUT2D eigenvalue weighted by Crippen LogP contribution is 2.28. The number of nitrogens with zero attached hydrogens (tertiary/aromatic N) is 2. The van der Waals surface area contributed by atoms with Crippen LogP contribution in [0.4, 0.5) is 0 Å². The molecule has 0 aromatic carbocycles. The van der Waals surface area contributed by atoms with Gasteiger partial charge < -0.3 is 9.64 Å². The van der Waals surface area contributed by atoms with Gasteiger partial charge >= 0.3 is 0 Å². The Morgan fingerprint density at radius 2 is 2.08 bits per heavy atom. The van der Waals surface area contributed by atoms with Crippen LogP contribution in [-0.2, 0) is 4.74 Å². The van der Waals surface area contributed by atoms with E-state index in [9.17, 15) is 0 Å². The van der Waals surface area contributed by atoms with Crippen LogP contribution in [0.15, 0.2) is 4.99 Å². The maximum Gasteiger partial charge on any atom is 0.287 e. The van der Waals surface area contributed by atoms with Gasteiger partial charge in [-0.2, -0.15) is 0 Å². The van der Waals surface area contributed by atoms with E-state index < -0.39 is 0 Å². The number of amidine groups is 1. The van der Waals surface area contributed by atoms with Crippen molar-refractivity contribution in [2.75, 3.05) is 14.1 Å². The minimum atomic E-state index is 0.385. The number of aliphatic imine (C=N–C) groups is 1. The maximum atomic E-state index is 5.70. The van der Waals surface area contributed by atoms with Crippen LogP contribution < -0.4 is 0 Å². The summed E-state index contributed by atoms with van der Waals surface area (Å²) >= 11 is 0. The van der Waals surface area contributed by atoms with E-state index in [4.69, 9.17) is 4.74 Å². The van der Waals surface area contributed by atoms with Crippen molar-refractivity contribution in [3.05, 3.63) is 0 Å². The second-order valence-electron chi connectivity index (χ2n) is 3.81. The number of fused-ring (bicyclic) bond motifs is 1. The van der Waals surface area contributed by atoms with E-state index in [-0.39, 0.29) is 0 Å². The van der Waals surface area contributed by atoms with E-state index in [1.807, 2.05) is 19.0 Å². The predicted octanol–water partition coefficient (Wildman–Crippen LogP) is 1.25. The molecule has 0 radical (unpaired) electrons. The standard InChI is InChI=1S/C9H16N2O/c1-11(2)9-10-7-5-3-4-6-8(7)12-9/h7-8H,3-6H2,1-2H3/t7-,8+/m0/s1. The lowest BCUT2D eigenvalue weighted by atomic mass is 9.94. The number of rotatable bonds is 0. The molecule has 2 aliphatic rings. The minimum Gasteiger partial charge on any atom is -0.460 e. The van der Waals surface area contributed by atoms with E-state index in [0.29, 0.717) is 12.1 Å². The summed E-state index contributed by atoms with van der Waals surface area (Å²) in [4.78, 5) is 6.49. The van der Waals surface area contributed by atoms with Gasteiger partial charge in [0.15, 0.2) is 0 Å². The Balaban J connectivity index is 2.04. The predicted molar refractivity (Wildman–Crippen MR) is 48.3 cm³/mol. The first-order valence-electron chi connectivity index (χ1n) is 4.69. The molecule has 1 aliphatic heterocycles. The molecule has 0 bridgehead atoms. The van der Waals surface area contributed by atoms with Crippen molar-refractivity contribution in [1.82, 2.24) is 4.90 Å². The molecule has 1 fully saturated rings. The van der Waals surface area contributed by atoms with Gasteiger partial charge in [0.25, 0.3) is 6.02 Å². The SMILES string of the molecule is CN(C)C1=N[C@H]2CCCC[C@H]2O1. The Morgan fingerprint density at radius 1 is 1.33 bits per heavy atom. The van der Waals surface area contributed by atoms with E-state index in [1.165, 1.54) is 25.7 Å². The van der Waals surface area contributed by atoms with Crippen LogP contribution in [-0.4, -0.2) is 37.2 Å². The molecule has 2 rings (SSSR count). The van der Waals surface area contributed by atoms with Crippen LogP contribution in [0.25, 0.3) is 0 Å². The van der Waals surface area contributed by atoms with Crippen molar-refractivity contribution in [2.24, 2.45) is 4.99 Å². The van der Waals surface area contributed by atoms with Gasteiger partial charge in [0.1, 0.15) is 6.10 Å². The fourth-order valence-corrected chi connectivity index (χ4v) is 1.89. The lowest BCUT2D eigenvalue weighted by molar-refractivity contribution is 0.137. The summed E-state index contributed by atoms with van der Waals surface area (Å²) in [5.41, 5.74) is 0. The van der Waals surface area contributed by atoms with Crippen molar-refractivity contribution in [3.63, 3.8) is 0 Å². The van der Waals surface area contributed by atoms with Crippen molar-refractivity contribution in [3.8, 4) is 0 Å². The second kappa shape index (κ2) is 2.96. The third-order valence-electron chi connectivity index (χ3n) is 2.58. The molecule has 68 valence electrons. The first-order valence-corrected chi connectivity index (χ1v) is 4.69. The normalized spacial score (nSPS) is 33.7. The van der Waals surface area contributed by atoms with Crippen molar-refractivity contribution < 1.29 is 4.74 Å².